The van der Waals surface area contributed by atoms with Crippen molar-refractivity contribution in [3.05, 3.63) is 66.0 Å². The molecule has 2 rings (SSSR count). The normalized spacial score (nSPS) is 11.9. The van der Waals surface area contributed by atoms with E-state index >= 15 is 0 Å². The third-order valence-corrected chi connectivity index (χ3v) is 3.74. The van der Waals surface area contributed by atoms with Crippen LogP contribution in [0.4, 0.5) is 0 Å². The van der Waals surface area contributed by atoms with E-state index in [9.17, 15) is 4.79 Å². The van der Waals surface area contributed by atoms with Crippen LogP contribution in [-0.2, 0) is 11.2 Å². The van der Waals surface area contributed by atoms with E-state index in [1.807, 2.05) is 67.4 Å². The molecule has 1 aromatic heterocycles. The van der Waals surface area contributed by atoms with Gasteiger partial charge in [-0.3, -0.25) is 9.78 Å². The van der Waals surface area contributed by atoms with E-state index in [2.05, 4.69) is 4.98 Å². The van der Waals surface area contributed by atoms with Gasteiger partial charge in [0.2, 0.25) is 5.91 Å². The fraction of sp³-hybridized carbons (Fsp3) is 0.333. The molecular formula is C18H22N2O. The van der Waals surface area contributed by atoms with E-state index in [-0.39, 0.29) is 11.8 Å². The predicted octanol–water partition coefficient (Wildman–Crippen LogP) is 3.28. The topological polar surface area (TPSA) is 33.2 Å². The second-order valence-corrected chi connectivity index (χ2v) is 5.04. The standard InChI is InChI=1S/C18H22N2O/c1-3-20(4-2)18(21)17(16-10-6-5-7-11-16)13-15-9-8-12-19-14-15/h5-12,14,17H,3-4,13H2,1-2H3. The van der Waals surface area contributed by atoms with Crippen molar-refractivity contribution in [2.45, 2.75) is 26.2 Å². The molecule has 0 aliphatic heterocycles. The van der Waals surface area contributed by atoms with Gasteiger partial charge in [-0.05, 0) is 37.5 Å². The lowest BCUT2D eigenvalue weighted by Crippen LogP contribution is -2.35. The molecule has 1 aromatic carbocycles. The average Bonchev–Trinajstić information content (AvgIpc) is 2.55. The molecule has 0 radical (unpaired) electrons. The van der Waals surface area contributed by atoms with E-state index < -0.39 is 0 Å². The molecule has 3 heteroatoms. The van der Waals surface area contributed by atoms with Crippen LogP contribution in [0.3, 0.4) is 0 Å². The maximum Gasteiger partial charge on any atom is 0.230 e. The Morgan fingerprint density at radius 2 is 1.81 bits per heavy atom. The Hall–Kier alpha value is -2.16. The Labute approximate surface area is 126 Å². The van der Waals surface area contributed by atoms with Crippen LogP contribution in [0.15, 0.2) is 54.9 Å². The van der Waals surface area contributed by atoms with Crippen molar-refractivity contribution in [1.82, 2.24) is 9.88 Å². The van der Waals surface area contributed by atoms with Crippen LogP contribution < -0.4 is 0 Å². The molecule has 0 bridgehead atoms. The molecule has 0 fully saturated rings. The van der Waals surface area contributed by atoms with Crippen molar-refractivity contribution >= 4 is 5.91 Å². The minimum absolute atomic E-state index is 0.143. The van der Waals surface area contributed by atoms with Gasteiger partial charge in [-0.25, -0.2) is 0 Å². The van der Waals surface area contributed by atoms with Crippen molar-refractivity contribution in [2.24, 2.45) is 0 Å². The zero-order valence-corrected chi connectivity index (χ0v) is 12.7. The summed E-state index contributed by atoms with van der Waals surface area (Å²) in [6.07, 6.45) is 4.28. The molecule has 3 nitrogen and oxygen atoms in total. The van der Waals surface area contributed by atoms with Crippen LogP contribution in [0, 0.1) is 0 Å². The first-order chi connectivity index (χ1) is 10.3. The van der Waals surface area contributed by atoms with Gasteiger partial charge in [0.1, 0.15) is 0 Å². The van der Waals surface area contributed by atoms with E-state index in [1.165, 1.54) is 0 Å². The molecule has 1 heterocycles. The van der Waals surface area contributed by atoms with Gasteiger partial charge >= 0.3 is 0 Å². The number of likely N-dealkylation sites (N-methyl/N-ethyl adjacent to an activating group) is 1. The zero-order valence-electron chi connectivity index (χ0n) is 12.7. The highest BCUT2D eigenvalue weighted by Crippen LogP contribution is 2.23. The SMILES string of the molecule is CCN(CC)C(=O)C(Cc1cccnc1)c1ccccc1. The zero-order chi connectivity index (χ0) is 15.1. The molecule has 21 heavy (non-hydrogen) atoms. The van der Waals surface area contributed by atoms with E-state index in [4.69, 9.17) is 0 Å². The first-order valence-electron chi connectivity index (χ1n) is 7.48. The number of amides is 1. The van der Waals surface area contributed by atoms with Gasteiger partial charge in [-0.15, -0.1) is 0 Å². The molecule has 0 spiro atoms. The Balaban J connectivity index is 2.29. The van der Waals surface area contributed by atoms with Gasteiger partial charge in [-0.2, -0.15) is 0 Å². The molecule has 0 aliphatic carbocycles. The number of aromatic nitrogens is 1. The molecule has 0 aliphatic rings. The van der Waals surface area contributed by atoms with Crippen molar-refractivity contribution in [3.63, 3.8) is 0 Å². The molecule has 1 atom stereocenters. The summed E-state index contributed by atoms with van der Waals surface area (Å²) in [5.41, 5.74) is 2.16. The van der Waals surface area contributed by atoms with Crippen LogP contribution in [0.2, 0.25) is 0 Å². The van der Waals surface area contributed by atoms with Gasteiger partial charge in [-0.1, -0.05) is 36.4 Å². The summed E-state index contributed by atoms with van der Waals surface area (Å²) in [7, 11) is 0. The Morgan fingerprint density at radius 3 is 2.38 bits per heavy atom. The average molecular weight is 282 g/mol. The maximum atomic E-state index is 12.8. The molecule has 1 unspecified atom stereocenters. The molecule has 2 aromatic rings. The van der Waals surface area contributed by atoms with Gasteiger partial charge in [0.25, 0.3) is 0 Å². The lowest BCUT2D eigenvalue weighted by molar-refractivity contribution is -0.132. The number of pyridine rings is 1. The molecule has 110 valence electrons. The number of rotatable bonds is 6. The number of nitrogens with zero attached hydrogens (tertiary/aromatic N) is 2. The molecular weight excluding hydrogens is 260 g/mol. The van der Waals surface area contributed by atoms with Crippen LogP contribution in [-0.4, -0.2) is 28.9 Å². The number of carbonyl (C=O) groups excluding carboxylic acids is 1. The number of benzene rings is 1. The van der Waals surface area contributed by atoms with Crippen molar-refractivity contribution in [2.75, 3.05) is 13.1 Å². The van der Waals surface area contributed by atoms with E-state index in [1.54, 1.807) is 6.20 Å². The smallest absolute Gasteiger partial charge is 0.230 e. The molecule has 0 saturated heterocycles. The van der Waals surface area contributed by atoms with Gasteiger partial charge in [0.15, 0.2) is 0 Å². The van der Waals surface area contributed by atoms with E-state index in [0.717, 1.165) is 24.2 Å². The Bertz CT molecular complexity index is 550. The van der Waals surface area contributed by atoms with E-state index in [0.29, 0.717) is 6.42 Å². The number of hydrogen-bond acceptors (Lipinski definition) is 2. The summed E-state index contributed by atoms with van der Waals surface area (Å²) >= 11 is 0. The predicted molar refractivity (Wildman–Crippen MR) is 85.1 cm³/mol. The molecule has 1 amide bonds. The number of carbonyl (C=O) groups is 1. The summed E-state index contributed by atoms with van der Waals surface area (Å²) in [6.45, 7) is 5.53. The Kier molecular flexibility index (Phi) is 5.50. The Morgan fingerprint density at radius 1 is 1.10 bits per heavy atom. The highest BCUT2D eigenvalue weighted by molar-refractivity contribution is 5.84. The monoisotopic (exact) mass is 282 g/mol. The molecule has 0 saturated carbocycles. The summed E-state index contributed by atoms with van der Waals surface area (Å²) in [5.74, 6) is 0.0466. The molecule has 0 N–H and O–H groups in total. The van der Waals surface area contributed by atoms with Crippen LogP contribution in [0.1, 0.15) is 30.9 Å². The van der Waals surface area contributed by atoms with Gasteiger partial charge < -0.3 is 4.90 Å². The minimum Gasteiger partial charge on any atom is -0.343 e. The fourth-order valence-electron chi connectivity index (χ4n) is 2.54. The first-order valence-corrected chi connectivity index (χ1v) is 7.48. The van der Waals surface area contributed by atoms with Crippen molar-refractivity contribution in [1.29, 1.82) is 0 Å². The quantitative estimate of drug-likeness (QED) is 0.814. The third-order valence-electron chi connectivity index (χ3n) is 3.74. The highest BCUT2D eigenvalue weighted by Gasteiger charge is 2.24. The summed E-state index contributed by atoms with van der Waals surface area (Å²) in [5, 5.41) is 0. The minimum atomic E-state index is -0.143. The lowest BCUT2D eigenvalue weighted by Gasteiger charge is -2.25. The lowest BCUT2D eigenvalue weighted by atomic mass is 9.91. The van der Waals surface area contributed by atoms with Crippen molar-refractivity contribution < 1.29 is 4.79 Å². The van der Waals surface area contributed by atoms with Crippen LogP contribution >= 0.6 is 0 Å². The van der Waals surface area contributed by atoms with Gasteiger partial charge in [0.05, 0.1) is 5.92 Å². The van der Waals surface area contributed by atoms with Crippen LogP contribution in [0.5, 0.6) is 0 Å². The summed E-state index contributed by atoms with van der Waals surface area (Å²) < 4.78 is 0. The summed E-state index contributed by atoms with van der Waals surface area (Å²) in [6, 6.07) is 14.0. The van der Waals surface area contributed by atoms with Crippen molar-refractivity contribution in [3.8, 4) is 0 Å². The second kappa shape index (κ2) is 7.58. The van der Waals surface area contributed by atoms with Crippen LogP contribution in [0.25, 0.3) is 0 Å². The first kappa shape index (κ1) is 15.2. The summed E-state index contributed by atoms with van der Waals surface area (Å²) in [4.78, 5) is 18.9. The fourth-order valence-corrected chi connectivity index (χ4v) is 2.54. The second-order valence-electron chi connectivity index (χ2n) is 5.04. The largest absolute Gasteiger partial charge is 0.343 e. The highest BCUT2D eigenvalue weighted by atomic mass is 16.2. The maximum absolute atomic E-state index is 12.8. The van der Waals surface area contributed by atoms with Gasteiger partial charge in [0, 0.05) is 25.5 Å². The third kappa shape index (κ3) is 3.91. The number of hydrogen-bond donors (Lipinski definition) is 0.